The maximum Gasteiger partial charge on any atom is 0.192 e. The SMILES string of the molecule is CC(O)C(=O)[C@H](O)[C@@H](O)[C@H](O)[C@H](O)CO[C@H]1O[C@H](CO[C@H]2O[C@H](CO)[C@@H](O)[C@H](O)[C@H]2O)[C@@H](O)[C@H](O)[C@H]1O. The topological polar surface area (TPSA) is 297 Å². The van der Waals surface area contributed by atoms with Gasteiger partial charge in [-0.05, 0) is 6.92 Å². The Bertz CT molecular complexity index is 708. The number of carbonyl (C=O) groups excluding carboxylic acids is 1. The molecule has 1 unspecified atom stereocenters. The minimum Gasteiger partial charge on any atom is -0.394 e. The van der Waals surface area contributed by atoms with E-state index in [0.29, 0.717) is 0 Å². The Labute approximate surface area is 210 Å². The number of Topliss-reactive ketones (excluding diaryl/α,β-unsaturated/α-hetero) is 1. The zero-order chi connectivity index (χ0) is 28.2. The molecule has 17 nitrogen and oxygen atoms in total. The largest absolute Gasteiger partial charge is 0.394 e. The van der Waals surface area contributed by atoms with Crippen molar-refractivity contribution >= 4 is 5.78 Å². The minimum atomic E-state index is -2.23. The van der Waals surface area contributed by atoms with Crippen molar-refractivity contribution in [3.05, 3.63) is 0 Å². The van der Waals surface area contributed by atoms with E-state index in [4.69, 9.17) is 18.9 Å². The summed E-state index contributed by atoms with van der Waals surface area (Å²) >= 11 is 0. The van der Waals surface area contributed by atoms with Crippen LogP contribution in [-0.2, 0) is 23.7 Å². The summed E-state index contributed by atoms with van der Waals surface area (Å²) in [6, 6.07) is 0. The monoisotopic (exact) mass is 548 g/mol. The molecular weight excluding hydrogens is 512 g/mol. The van der Waals surface area contributed by atoms with Gasteiger partial charge in [-0.25, -0.2) is 0 Å². The van der Waals surface area contributed by atoms with Crippen molar-refractivity contribution in [3.63, 3.8) is 0 Å². The maximum atomic E-state index is 11.6. The van der Waals surface area contributed by atoms with Gasteiger partial charge < -0.3 is 80.2 Å². The Morgan fingerprint density at radius 2 is 1.22 bits per heavy atom. The summed E-state index contributed by atoms with van der Waals surface area (Å²) in [5.74, 6) is -1.22. The molecule has 0 bridgehead atoms. The highest BCUT2D eigenvalue weighted by Crippen LogP contribution is 2.26. The molecule has 0 saturated carbocycles. The second kappa shape index (κ2) is 13.9. The fourth-order valence-corrected chi connectivity index (χ4v) is 3.71. The molecule has 12 N–H and O–H groups in total. The zero-order valence-corrected chi connectivity index (χ0v) is 19.7. The molecule has 0 aliphatic carbocycles. The predicted octanol–water partition coefficient (Wildman–Crippen LogP) is -7.98. The van der Waals surface area contributed by atoms with Crippen molar-refractivity contribution in [3.8, 4) is 0 Å². The second-order valence-electron chi connectivity index (χ2n) is 8.95. The highest BCUT2D eigenvalue weighted by molar-refractivity contribution is 5.87. The first-order valence-electron chi connectivity index (χ1n) is 11.4. The number of rotatable bonds is 12. The van der Waals surface area contributed by atoms with Gasteiger partial charge in [0.15, 0.2) is 18.4 Å². The highest BCUT2D eigenvalue weighted by Gasteiger charge is 2.48. The van der Waals surface area contributed by atoms with Crippen LogP contribution in [0.4, 0.5) is 0 Å². The lowest BCUT2D eigenvalue weighted by Crippen LogP contribution is -2.62. The van der Waals surface area contributed by atoms with E-state index in [0.717, 1.165) is 6.92 Å². The van der Waals surface area contributed by atoms with Gasteiger partial charge in [0.05, 0.1) is 19.8 Å². The molecule has 0 aromatic carbocycles. The molecular formula is C20H36O17. The number of aliphatic hydroxyl groups is 12. The third-order valence-electron chi connectivity index (χ3n) is 6.14. The van der Waals surface area contributed by atoms with Crippen LogP contribution in [0.15, 0.2) is 0 Å². The molecule has 0 amide bonds. The third kappa shape index (κ3) is 7.57. The molecule has 218 valence electrons. The van der Waals surface area contributed by atoms with Crippen LogP contribution in [-0.4, -0.2) is 179 Å². The first-order valence-corrected chi connectivity index (χ1v) is 11.4. The normalized spacial score (nSPS) is 41.0. The van der Waals surface area contributed by atoms with Gasteiger partial charge in [-0.1, -0.05) is 0 Å². The Kier molecular flexibility index (Phi) is 12.1. The van der Waals surface area contributed by atoms with Crippen LogP contribution >= 0.6 is 0 Å². The first-order chi connectivity index (χ1) is 17.2. The van der Waals surface area contributed by atoms with E-state index in [2.05, 4.69) is 0 Å². The number of ketones is 1. The molecule has 2 aliphatic heterocycles. The van der Waals surface area contributed by atoms with Crippen LogP contribution in [0.2, 0.25) is 0 Å². The molecule has 17 heteroatoms. The lowest BCUT2D eigenvalue weighted by molar-refractivity contribution is -0.333. The summed E-state index contributed by atoms with van der Waals surface area (Å²) in [7, 11) is 0. The number of aliphatic hydroxyl groups excluding tert-OH is 12. The van der Waals surface area contributed by atoms with Crippen molar-refractivity contribution in [2.24, 2.45) is 0 Å². The number of hydrogen-bond donors (Lipinski definition) is 12. The Morgan fingerprint density at radius 1 is 0.730 bits per heavy atom. The van der Waals surface area contributed by atoms with Gasteiger partial charge in [0.1, 0.15) is 79.4 Å². The van der Waals surface area contributed by atoms with E-state index in [-0.39, 0.29) is 0 Å². The molecule has 0 aromatic heterocycles. The highest BCUT2D eigenvalue weighted by atomic mass is 16.7. The van der Waals surface area contributed by atoms with Crippen LogP contribution in [0.3, 0.4) is 0 Å². The van der Waals surface area contributed by atoms with Crippen LogP contribution in [0.1, 0.15) is 6.92 Å². The fourth-order valence-electron chi connectivity index (χ4n) is 3.71. The minimum absolute atomic E-state index is 0.634. The van der Waals surface area contributed by atoms with Crippen LogP contribution in [0, 0.1) is 0 Å². The predicted molar refractivity (Wildman–Crippen MR) is 113 cm³/mol. The average molecular weight is 548 g/mol. The van der Waals surface area contributed by atoms with Gasteiger partial charge in [-0.2, -0.15) is 0 Å². The van der Waals surface area contributed by atoms with E-state index >= 15 is 0 Å². The summed E-state index contributed by atoms with van der Waals surface area (Å²) in [4.78, 5) is 11.6. The first kappa shape index (κ1) is 32.2. The molecule has 15 atom stereocenters. The van der Waals surface area contributed by atoms with Crippen molar-refractivity contribution < 1.29 is 85.0 Å². The van der Waals surface area contributed by atoms with E-state index in [9.17, 15) is 66.1 Å². The fraction of sp³-hybridized carbons (Fsp3) is 0.950. The van der Waals surface area contributed by atoms with E-state index in [1.54, 1.807) is 0 Å². The molecule has 2 heterocycles. The van der Waals surface area contributed by atoms with Gasteiger partial charge in [0, 0.05) is 0 Å². The van der Waals surface area contributed by atoms with Gasteiger partial charge in [0.25, 0.3) is 0 Å². The second-order valence-corrected chi connectivity index (χ2v) is 8.95. The van der Waals surface area contributed by atoms with Gasteiger partial charge in [-0.3, -0.25) is 4.79 Å². The summed E-state index contributed by atoms with van der Waals surface area (Å²) in [5.41, 5.74) is 0. The number of carbonyl (C=O) groups is 1. The summed E-state index contributed by atoms with van der Waals surface area (Å²) < 4.78 is 20.9. The van der Waals surface area contributed by atoms with Crippen molar-refractivity contribution in [2.75, 3.05) is 19.8 Å². The number of ether oxygens (including phenoxy) is 4. The Hall–Kier alpha value is -0.970. The molecule has 2 saturated heterocycles. The molecule has 0 aromatic rings. The quantitative estimate of drug-likeness (QED) is 0.108. The van der Waals surface area contributed by atoms with E-state index < -0.39 is 118 Å². The van der Waals surface area contributed by atoms with Crippen LogP contribution in [0.5, 0.6) is 0 Å². The summed E-state index contributed by atoms with van der Waals surface area (Å²) in [6.07, 6.45) is -27.0. The molecule has 37 heavy (non-hydrogen) atoms. The molecule has 2 aliphatic rings. The molecule has 0 spiro atoms. The Balaban J connectivity index is 1.96. The maximum absolute atomic E-state index is 11.6. The lowest BCUT2D eigenvalue weighted by Gasteiger charge is -2.42. The third-order valence-corrected chi connectivity index (χ3v) is 6.14. The van der Waals surface area contributed by atoms with Gasteiger partial charge >= 0.3 is 0 Å². The number of hydrogen-bond acceptors (Lipinski definition) is 17. The van der Waals surface area contributed by atoms with Gasteiger partial charge in [0.2, 0.25) is 0 Å². The molecule has 2 rings (SSSR count). The van der Waals surface area contributed by atoms with Crippen molar-refractivity contribution in [1.29, 1.82) is 0 Å². The van der Waals surface area contributed by atoms with E-state index in [1.807, 2.05) is 0 Å². The summed E-state index contributed by atoms with van der Waals surface area (Å²) in [5, 5.41) is 118. The average Bonchev–Trinajstić information content (AvgIpc) is 2.88. The van der Waals surface area contributed by atoms with Crippen molar-refractivity contribution in [1.82, 2.24) is 0 Å². The van der Waals surface area contributed by atoms with Crippen molar-refractivity contribution in [2.45, 2.75) is 98.9 Å². The van der Waals surface area contributed by atoms with Crippen LogP contribution in [0.25, 0.3) is 0 Å². The standard InChI is InChI=1S/C20H36O17/c1-5(22)9(24)13(28)14(29)10(25)6(23)3-34-19-18(33)16(31)12(27)8(37-19)4-35-20-17(32)15(30)11(26)7(2-21)36-20/h5-8,10-23,25-33H,2-4H2,1H3/t5?,6-,7-,8-,10-,11-,12-,13+,14+,15+,16+,17-,18-,19+,20+/m1/s1. The van der Waals surface area contributed by atoms with Gasteiger partial charge in [-0.15, -0.1) is 0 Å². The zero-order valence-electron chi connectivity index (χ0n) is 19.7. The summed E-state index contributed by atoms with van der Waals surface area (Å²) in [6.45, 7) is -1.21. The Morgan fingerprint density at radius 3 is 1.73 bits per heavy atom. The van der Waals surface area contributed by atoms with E-state index in [1.165, 1.54) is 0 Å². The smallest absolute Gasteiger partial charge is 0.192 e. The molecule has 0 radical (unpaired) electrons. The molecule has 2 fully saturated rings. The lowest BCUT2D eigenvalue weighted by atomic mass is 9.98. The van der Waals surface area contributed by atoms with Crippen LogP contribution < -0.4 is 0 Å².